The monoisotopic (exact) mass is 135 g/mol. The third-order valence-corrected chi connectivity index (χ3v) is 0.757. The number of halogens is 1. The van der Waals surface area contributed by atoms with Crippen molar-refractivity contribution < 1.29 is 4.74 Å². The van der Waals surface area contributed by atoms with E-state index >= 15 is 0 Å². The highest BCUT2D eigenvalue weighted by Gasteiger charge is 2.08. The van der Waals surface area contributed by atoms with Gasteiger partial charge < -0.3 is 9.64 Å². The normalized spacial score (nSPS) is 14.1. The van der Waals surface area contributed by atoms with Gasteiger partial charge in [0, 0.05) is 0 Å². The van der Waals surface area contributed by atoms with E-state index in [1.54, 1.807) is 6.26 Å². The van der Waals surface area contributed by atoms with E-state index in [1.165, 1.54) is 0 Å². The van der Waals surface area contributed by atoms with Crippen LogP contribution in [0.1, 0.15) is 0 Å². The van der Waals surface area contributed by atoms with E-state index in [0.29, 0.717) is 0 Å². The smallest absolute Gasteiger partial charge is 0.152 e. The number of hydrogen-bond acceptors (Lipinski definition) is 2. The second-order valence-corrected chi connectivity index (χ2v) is 1.94. The van der Waals surface area contributed by atoms with E-state index < -0.39 is 0 Å². The van der Waals surface area contributed by atoms with E-state index in [1.807, 2.05) is 14.1 Å². The Labute approximate surface area is 55.5 Å². The van der Waals surface area contributed by atoms with Crippen molar-refractivity contribution in [1.29, 1.82) is 0 Å². The summed E-state index contributed by atoms with van der Waals surface area (Å²) in [6.07, 6.45) is 1.76. The molecule has 3 heteroatoms. The number of likely N-dealkylation sites (N-methyl/N-ethyl adjacent to an activating group) is 1. The summed E-state index contributed by atoms with van der Waals surface area (Å²) in [5.74, 6) is 1.09. The quantitative estimate of drug-likeness (QED) is 0.558. The van der Waals surface area contributed by atoms with Gasteiger partial charge >= 0.3 is 0 Å². The fourth-order valence-electron chi connectivity index (χ4n) is 0.428. The SMILES string of the molecule is CN(C)CC1=CO1.Cl. The lowest BCUT2D eigenvalue weighted by Gasteiger charge is -2.01. The molecule has 1 aliphatic rings. The largest absolute Gasteiger partial charge is 0.461 e. The Morgan fingerprint density at radius 1 is 1.62 bits per heavy atom. The molecule has 0 radical (unpaired) electrons. The molecule has 0 aliphatic carbocycles. The minimum absolute atomic E-state index is 0. The molecule has 0 unspecified atom stereocenters. The molecule has 1 heterocycles. The maximum Gasteiger partial charge on any atom is 0.152 e. The van der Waals surface area contributed by atoms with Gasteiger partial charge in [0.15, 0.2) is 5.76 Å². The highest BCUT2D eigenvalue weighted by atomic mass is 35.5. The van der Waals surface area contributed by atoms with Gasteiger partial charge in [-0.2, -0.15) is 0 Å². The molecule has 0 aromatic rings. The van der Waals surface area contributed by atoms with Gasteiger partial charge in [-0.1, -0.05) is 0 Å². The zero-order chi connectivity index (χ0) is 5.28. The summed E-state index contributed by atoms with van der Waals surface area (Å²) in [6, 6.07) is 0. The number of nitrogens with zero attached hydrogens (tertiary/aromatic N) is 1. The number of ether oxygens (including phenoxy) is 1. The zero-order valence-electron chi connectivity index (χ0n) is 5.05. The first kappa shape index (κ1) is 7.79. The zero-order valence-corrected chi connectivity index (χ0v) is 5.86. The van der Waals surface area contributed by atoms with Crippen LogP contribution in [0.15, 0.2) is 12.0 Å². The van der Waals surface area contributed by atoms with Gasteiger partial charge in [-0.05, 0) is 14.1 Å². The highest BCUT2D eigenvalue weighted by molar-refractivity contribution is 5.85. The Morgan fingerprint density at radius 2 is 2.12 bits per heavy atom. The van der Waals surface area contributed by atoms with Crippen LogP contribution in [0.3, 0.4) is 0 Å². The van der Waals surface area contributed by atoms with Crippen LogP contribution >= 0.6 is 12.4 Å². The molecule has 0 spiro atoms. The molecule has 0 saturated heterocycles. The second kappa shape index (κ2) is 2.95. The van der Waals surface area contributed by atoms with Gasteiger partial charge in [-0.15, -0.1) is 12.4 Å². The van der Waals surface area contributed by atoms with Gasteiger partial charge in [-0.25, -0.2) is 0 Å². The minimum atomic E-state index is 0. The second-order valence-electron chi connectivity index (χ2n) is 1.94. The Morgan fingerprint density at radius 3 is 2.25 bits per heavy atom. The minimum Gasteiger partial charge on any atom is -0.461 e. The predicted octanol–water partition coefficient (Wildman–Crippen LogP) is 0.841. The van der Waals surface area contributed by atoms with Crippen molar-refractivity contribution in [1.82, 2.24) is 4.90 Å². The van der Waals surface area contributed by atoms with Crippen LogP contribution in [0.2, 0.25) is 0 Å². The van der Waals surface area contributed by atoms with Crippen LogP contribution in [0.5, 0.6) is 0 Å². The van der Waals surface area contributed by atoms with E-state index in [2.05, 4.69) is 4.90 Å². The maximum absolute atomic E-state index is 4.77. The fraction of sp³-hybridized carbons (Fsp3) is 0.600. The van der Waals surface area contributed by atoms with Crippen molar-refractivity contribution in [3.63, 3.8) is 0 Å². The van der Waals surface area contributed by atoms with Crippen LogP contribution in [0.4, 0.5) is 0 Å². The average Bonchev–Trinajstić information content (AvgIpc) is 2.17. The Bertz CT molecular complexity index is 101. The van der Waals surface area contributed by atoms with Crippen LogP contribution in [0, 0.1) is 0 Å². The molecule has 8 heavy (non-hydrogen) atoms. The maximum atomic E-state index is 4.77. The standard InChI is InChI=1S/C5H9NO.ClH/c1-6(2)3-5-4-7-5;/h4H,3H2,1-2H3;1H. The molecule has 0 fully saturated rings. The fourth-order valence-corrected chi connectivity index (χ4v) is 0.428. The van der Waals surface area contributed by atoms with Gasteiger partial charge in [0.25, 0.3) is 0 Å². The molecule has 1 rings (SSSR count). The molecular weight excluding hydrogens is 126 g/mol. The molecule has 48 valence electrons. The Balaban J connectivity index is 0.000000490. The van der Waals surface area contributed by atoms with Crippen LogP contribution in [-0.4, -0.2) is 25.5 Å². The van der Waals surface area contributed by atoms with Gasteiger partial charge in [0.1, 0.15) is 6.26 Å². The number of hydrogen-bond donors (Lipinski definition) is 0. The summed E-state index contributed by atoms with van der Waals surface area (Å²) >= 11 is 0. The van der Waals surface area contributed by atoms with E-state index in [4.69, 9.17) is 4.74 Å². The molecule has 0 atom stereocenters. The molecule has 2 nitrogen and oxygen atoms in total. The van der Waals surface area contributed by atoms with Crippen molar-refractivity contribution in [2.45, 2.75) is 0 Å². The van der Waals surface area contributed by atoms with E-state index in [-0.39, 0.29) is 12.4 Å². The third kappa shape index (κ3) is 2.88. The molecule has 0 amide bonds. The van der Waals surface area contributed by atoms with E-state index in [0.717, 1.165) is 12.3 Å². The first-order valence-corrected chi connectivity index (χ1v) is 2.29. The first-order valence-electron chi connectivity index (χ1n) is 2.29. The topological polar surface area (TPSA) is 15.8 Å². The van der Waals surface area contributed by atoms with Gasteiger partial charge in [0.05, 0.1) is 6.54 Å². The number of rotatable bonds is 2. The van der Waals surface area contributed by atoms with E-state index in [9.17, 15) is 0 Å². The van der Waals surface area contributed by atoms with Crippen molar-refractivity contribution in [2.75, 3.05) is 20.6 Å². The predicted molar refractivity (Wildman–Crippen MR) is 35.0 cm³/mol. The lowest BCUT2D eigenvalue weighted by atomic mass is 10.6. The Kier molecular flexibility index (Phi) is 2.87. The lowest BCUT2D eigenvalue weighted by molar-refractivity contribution is 0.387. The summed E-state index contributed by atoms with van der Waals surface area (Å²) in [5, 5.41) is 0. The first-order chi connectivity index (χ1) is 3.29. The molecule has 0 N–H and O–H groups in total. The van der Waals surface area contributed by atoms with Crippen molar-refractivity contribution in [2.24, 2.45) is 0 Å². The van der Waals surface area contributed by atoms with Crippen molar-refractivity contribution >= 4 is 12.4 Å². The summed E-state index contributed by atoms with van der Waals surface area (Å²) in [7, 11) is 4.03. The molecule has 0 bridgehead atoms. The molecule has 0 aromatic heterocycles. The van der Waals surface area contributed by atoms with Gasteiger partial charge in [0.2, 0.25) is 0 Å². The third-order valence-electron chi connectivity index (χ3n) is 0.757. The summed E-state index contributed by atoms with van der Waals surface area (Å²) in [5.41, 5.74) is 0. The average molecular weight is 136 g/mol. The molecule has 1 aliphatic heterocycles. The van der Waals surface area contributed by atoms with Crippen LogP contribution in [-0.2, 0) is 4.74 Å². The lowest BCUT2D eigenvalue weighted by Crippen LogP contribution is -2.11. The summed E-state index contributed by atoms with van der Waals surface area (Å²) < 4.78 is 4.77. The molecule has 0 saturated carbocycles. The van der Waals surface area contributed by atoms with Gasteiger partial charge in [-0.3, -0.25) is 0 Å². The molecule has 0 aromatic carbocycles. The van der Waals surface area contributed by atoms with Crippen LogP contribution < -0.4 is 0 Å². The summed E-state index contributed by atoms with van der Waals surface area (Å²) in [6.45, 7) is 0.944. The van der Waals surface area contributed by atoms with Crippen molar-refractivity contribution in [3.8, 4) is 0 Å². The van der Waals surface area contributed by atoms with Crippen LogP contribution in [0.25, 0.3) is 0 Å². The summed E-state index contributed by atoms with van der Waals surface area (Å²) in [4.78, 5) is 2.07. The Hall–Kier alpha value is -0.210. The molecular formula is C5H10ClNO. The van der Waals surface area contributed by atoms with Crippen molar-refractivity contribution in [3.05, 3.63) is 12.0 Å². The highest BCUT2D eigenvalue weighted by Crippen LogP contribution is 2.12.